The lowest BCUT2D eigenvalue weighted by atomic mass is 10.1. The first kappa shape index (κ1) is 15.3. The van der Waals surface area contributed by atoms with Gasteiger partial charge in [0.25, 0.3) is 0 Å². The molecule has 0 aliphatic carbocycles. The van der Waals surface area contributed by atoms with Crippen molar-refractivity contribution in [3.05, 3.63) is 47.1 Å². The summed E-state index contributed by atoms with van der Waals surface area (Å²) >= 11 is 1.86. The number of thiophene rings is 1. The van der Waals surface area contributed by atoms with E-state index in [9.17, 15) is 4.79 Å². The second-order valence-corrected chi connectivity index (χ2v) is 7.32. The van der Waals surface area contributed by atoms with E-state index in [1.165, 1.54) is 21.2 Å². The summed E-state index contributed by atoms with van der Waals surface area (Å²) < 4.78 is 3.05. The average Bonchev–Trinajstić information content (AvgIpc) is 3.22. The summed E-state index contributed by atoms with van der Waals surface area (Å²) in [6.45, 7) is 2.95. The normalized spacial score (nSPS) is 16.7. The van der Waals surface area contributed by atoms with E-state index in [1.807, 2.05) is 11.3 Å². The lowest BCUT2D eigenvalue weighted by Crippen LogP contribution is -2.34. The zero-order valence-electron chi connectivity index (χ0n) is 13.1. The molecule has 3 aromatic rings. The smallest absolute Gasteiger partial charge is 0.358 e. The van der Waals surface area contributed by atoms with E-state index in [0.717, 1.165) is 32.5 Å². The standard InChI is InChI=1S/C17H18N4O2S/c22-17(23)15-11-21(19-18-15)13-5-7-20(8-6-13)10-14-9-12-3-1-2-4-16(12)24-14/h1-4,9,11,13H,5-8,10H2,(H,22,23). The number of hydrogen-bond acceptors (Lipinski definition) is 5. The predicted molar refractivity (Wildman–Crippen MR) is 92.4 cm³/mol. The zero-order chi connectivity index (χ0) is 16.5. The number of likely N-dealkylation sites (tertiary alicyclic amines) is 1. The molecule has 1 aliphatic heterocycles. The molecule has 24 heavy (non-hydrogen) atoms. The molecule has 1 fully saturated rings. The summed E-state index contributed by atoms with van der Waals surface area (Å²) in [5.41, 5.74) is 0.0164. The van der Waals surface area contributed by atoms with Gasteiger partial charge in [-0.25, -0.2) is 9.48 Å². The Balaban J connectivity index is 1.37. The molecule has 7 heteroatoms. The van der Waals surface area contributed by atoms with Crippen LogP contribution in [0.3, 0.4) is 0 Å². The topological polar surface area (TPSA) is 71.2 Å². The van der Waals surface area contributed by atoms with Crippen LogP contribution in [0.2, 0.25) is 0 Å². The highest BCUT2D eigenvalue weighted by Gasteiger charge is 2.23. The van der Waals surface area contributed by atoms with Gasteiger partial charge in [-0.2, -0.15) is 0 Å². The highest BCUT2D eigenvalue weighted by Crippen LogP contribution is 2.28. The van der Waals surface area contributed by atoms with Crippen molar-refractivity contribution < 1.29 is 9.90 Å². The number of hydrogen-bond donors (Lipinski definition) is 1. The minimum atomic E-state index is -1.02. The van der Waals surface area contributed by atoms with Crippen molar-refractivity contribution in [2.45, 2.75) is 25.4 Å². The SMILES string of the molecule is O=C(O)c1cn(C2CCN(Cc3cc4ccccc4s3)CC2)nn1. The van der Waals surface area contributed by atoms with Crippen LogP contribution in [-0.2, 0) is 6.54 Å². The Morgan fingerprint density at radius 2 is 2.08 bits per heavy atom. The third-order valence-electron chi connectivity index (χ3n) is 4.52. The average molecular weight is 342 g/mol. The van der Waals surface area contributed by atoms with Gasteiger partial charge in [-0.15, -0.1) is 16.4 Å². The number of carboxylic acid groups (broad SMARTS) is 1. The Morgan fingerprint density at radius 1 is 1.29 bits per heavy atom. The quantitative estimate of drug-likeness (QED) is 0.789. The molecule has 1 saturated heterocycles. The van der Waals surface area contributed by atoms with Gasteiger partial charge in [-0.05, 0) is 30.4 Å². The molecule has 0 unspecified atom stereocenters. The fourth-order valence-corrected chi connectivity index (χ4v) is 4.34. The number of piperidine rings is 1. The molecule has 1 aromatic carbocycles. The molecule has 3 heterocycles. The van der Waals surface area contributed by atoms with Gasteiger partial charge in [0.2, 0.25) is 0 Å². The summed E-state index contributed by atoms with van der Waals surface area (Å²) in [4.78, 5) is 14.8. The maximum absolute atomic E-state index is 10.9. The lowest BCUT2D eigenvalue weighted by Gasteiger charge is -2.31. The van der Waals surface area contributed by atoms with E-state index in [4.69, 9.17) is 5.11 Å². The maximum Gasteiger partial charge on any atom is 0.358 e. The predicted octanol–water partition coefficient (Wildman–Crippen LogP) is 3.03. The fraction of sp³-hybridized carbons (Fsp3) is 0.353. The van der Waals surface area contributed by atoms with Crippen LogP contribution in [0.1, 0.15) is 34.2 Å². The minimum absolute atomic E-state index is 0.0164. The number of aromatic carboxylic acids is 1. The largest absolute Gasteiger partial charge is 0.476 e. The Labute approximate surface area is 143 Å². The van der Waals surface area contributed by atoms with Crippen molar-refractivity contribution in [2.75, 3.05) is 13.1 Å². The molecule has 124 valence electrons. The molecule has 0 radical (unpaired) electrons. The second-order valence-electron chi connectivity index (χ2n) is 6.15. The number of rotatable bonds is 4. The Hall–Kier alpha value is -2.25. The highest BCUT2D eigenvalue weighted by molar-refractivity contribution is 7.19. The monoisotopic (exact) mass is 342 g/mol. The summed E-state index contributed by atoms with van der Waals surface area (Å²) in [6, 6.07) is 11.0. The number of benzene rings is 1. The van der Waals surface area contributed by atoms with Crippen LogP contribution in [0.15, 0.2) is 36.5 Å². The summed E-state index contributed by atoms with van der Waals surface area (Å²) in [5.74, 6) is -1.02. The molecule has 1 N–H and O–H groups in total. The summed E-state index contributed by atoms with van der Waals surface area (Å²) in [6.07, 6.45) is 3.47. The number of aromatic nitrogens is 3. The van der Waals surface area contributed by atoms with Crippen LogP contribution in [0.25, 0.3) is 10.1 Å². The molecule has 4 rings (SSSR count). The van der Waals surface area contributed by atoms with Crippen LogP contribution < -0.4 is 0 Å². The van der Waals surface area contributed by atoms with E-state index in [2.05, 4.69) is 45.5 Å². The number of carboxylic acids is 1. The third-order valence-corrected chi connectivity index (χ3v) is 5.62. The van der Waals surface area contributed by atoms with E-state index in [-0.39, 0.29) is 11.7 Å². The van der Waals surface area contributed by atoms with E-state index < -0.39 is 5.97 Å². The van der Waals surface area contributed by atoms with E-state index in [1.54, 1.807) is 4.68 Å². The molecule has 0 atom stereocenters. The molecule has 1 aliphatic rings. The first-order valence-corrected chi connectivity index (χ1v) is 8.85. The number of nitrogens with zero attached hydrogens (tertiary/aromatic N) is 4. The Bertz CT molecular complexity index is 831. The molecule has 2 aromatic heterocycles. The highest BCUT2D eigenvalue weighted by atomic mass is 32.1. The first-order valence-electron chi connectivity index (χ1n) is 8.04. The van der Waals surface area contributed by atoms with Crippen LogP contribution in [0.4, 0.5) is 0 Å². The van der Waals surface area contributed by atoms with Crippen molar-refractivity contribution in [3.8, 4) is 0 Å². The molecule has 0 spiro atoms. The molecule has 0 amide bonds. The van der Waals surface area contributed by atoms with Crippen molar-refractivity contribution >= 4 is 27.4 Å². The van der Waals surface area contributed by atoms with Gasteiger partial charge in [0.15, 0.2) is 5.69 Å². The van der Waals surface area contributed by atoms with Gasteiger partial charge in [0.05, 0.1) is 12.2 Å². The van der Waals surface area contributed by atoms with Crippen molar-refractivity contribution in [1.82, 2.24) is 19.9 Å². The first-order chi connectivity index (χ1) is 11.7. The van der Waals surface area contributed by atoms with Gasteiger partial charge < -0.3 is 5.11 Å². The van der Waals surface area contributed by atoms with Crippen LogP contribution in [-0.4, -0.2) is 44.1 Å². The van der Waals surface area contributed by atoms with Crippen molar-refractivity contribution in [1.29, 1.82) is 0 Å². The Morgan fingerprint density at radius 3 is 2.79 bits per heavy atom. The molecule has 0 bridgehead atoms. The van der Waals surface area contributed by atoms with Gasteiger partial charge in [0, 0.05) is 29.2 Å². The molecular weight excluding hydrogens is 324 g/mol. The Kier molecular flexibility index (Phi) is 4.03. The van der Waals surface area contributed by atoms with Gasteiger partial charge >= 0.3 is 5.97 Å². The molecule has 6 nitrogen and oxygen atoms in total. The van der Waals surface area contributed by atoms with E-state index >= 15 is 0 Å². The number of carbonyl (C=O) groups is 1. The third kappa shape index (κ3) is 3.05. The number of fused-ring (bicyclic) bond motifs is 1. The molecule has 0 saturated carbocycles. The van der Waals surface area contributed by atoms with E-state index in [0.29, 0.717) is 0 Å². The maximum atomic E-state index is 10.9. The van der Waals surface area contributed by atoms with Crippen molar-refractivity contribution in [2.24, 2.45) is 0 Å². The minimum Gasteiger partial charge on any atom is -0.476 e. The van der Waals surface area contributed by atoms with Crippen LogP contribution in [0.5, 0.6) is 0 Å². The second kappa shape index (κ2) is 6.33. The van der Waals surface area contributed by atoms with Crippen LogP contribution in [0, 0.1) is 0 Å². The summed E-state index contributed by atoms with van der Waals surface area (Å²) in [7, 11) is 0. The van der Waals surface area contributed by atoms with Gasteiger partial charge in [-0.1, -0.05) is 23.4 Å². The zero-order valence-corrected chi connectivity index (χ0v) is 13.9. The fourth-order valence-electron chi connectivity index (χ4n) is 3.23. The van der Waals surface area contributed by atoms with Gasteiger partial charge in [0.1, 0.15) is 0 Å². The lowest BCUT2D eigenvalue weighted by molar-refractivity contribution is 0.0690. The molecular formula is C17H18N4O2S. The summed E-state index contributed by atoms with van der Waals surface area (Å²) in [5, 5.41) is 17.9. The van der Waals surface area contributed by atoms with Gasteiger partial charge in [-0.3, -0.25) is 4.90 Å². The van der Waals surface area contributed by atoms with Crippen LogP contribution >= 0.6 is 11.3 Å². The van der Waals surface area contributed by atoms with Crippen molar-refractivity contribution in [3.63, 3.8) is 0 Å².